The van der Waals surface area contributed by atoms with Gasteiger partial charge in [-0.2, -0.15) is 14.9 Å². The number of rotatable bonds is 3. The minimum atomic E-state index is -0.512. The summed E-state index contributed by atoms with van der Waals surface area (Å²) in [7, 11) is 0. The van der Waals surface area contributed by atoms with Crippen LogP contribution in [0.15, 0.2) is 24.4 Å². The molecule has 88 valence electrons. The van der Waals surface area contributed by atoms with Gasteiger partial charge in [0.25, 0.3) is 0 Å². The number of carbonyl (C=O) groups excluding carboxylic acids is 1. The molecular formula is C10H11N5O2. The third kappa shape index (κ3) is 2.22. The van der Waals surface area contributed by atoms with Crippen molar-refractivity contribution in [2.24, 2.45) is 0 Å². The Bertz CT molecular complexity index is 523. The van der Waals surface area contributed by atoms with E-state index in [0.29, 0.717) is 11.6 Å². The number of hydrogen-bond donors (Lipinski definition) is 1. The van der Waals surface area contributed by atoms with Crippen LogP contribution < -0.4 is 5.73 Å². The predicted octanol–water partition coefficient (Wildman–Crippen LogP) is 0.421. The zero-order valence-electron chi connectivity index (χ0n) is 9.20. The van der Waals surface area contributed by atoms with Gasteiger partial charge in [0.1, 0.15) is 5.82 Å². The summed E-state index contributed by atoms with van der Waals surface area (Å²) in [5.41, 5.74) is 5.88. The van der Waals surface area contributed by atoms with E-state index in [1.807, 2.05) is 0 Å². The van der Waals surface area contributed by atoms with Gasteiger partial charge in [-0.05, 0) is 19.1 Å². The van der Waals surface area contributed by atoms with Crippen molar-refractivity contribution in [2.45, 2.75) is 6.92 Å². The fourth-order valence-electron chi connectivity index (χ4n) is 1.29. The lowest BCUT2D eigenvalue weighted by Gasteiger charge is -2.00. The first-order chi connectivity index (χ1) is 8.22. The minimum absolute atomic E-state index is 0.148. The second-order valence-electron chi connectivity index (χ2n) is 3.17. The molecule has 0 aliphatic heterocycles. The van der Waals surface area contributed by atoms with Gasteiger partial charge < -0.3 is 10.5 Å². The molecule has 0 aliphatic carbocycles. The Morgan fingerprint density at radius 1 is 1.59 bits per heavy atom. The molecule has 0 saturated heterocycles. The molecule has 0 spiro atoms. The SMILES string of the molecule is CCOC(=O)c1cc(N)n(-c2cccnn2)n1. The lowest BCUT2D eigenvalue weighted by atomic mass is 10.4. The molecule has 0 aliphatic rings. The van der Waals surface area contributed by atoms with Gasteiger partial charge in [-0.1, -0.05) is 0 Å². The molecule has 17 heavy (non-hydrogen) atoms. The molecular weight excluding hydrogens is 222 g/mol. The van der Waals surface area contributed by atoms with Gasteiger partial charge in [-0.3, -0.25) is 0 Å². The second-order valence-corrected chi connectivity index (χ2v) is 3.17. The number of hydrogen-bond acceptors (Lipinski definition) is 6. The standard InChI is InChI=1S/C10H11N5O2/c1-2-17-10(16)7-6-8(11)15(14-7)9-4-3-5-12-13-9/h3-6H,2,11H2,1H3. The molecule has 0 radical (unpaired) electrons. The van der Waals surface area contributed by atoms with Crippen LogP contribution in [0.25, 0.3) is 5.82 Å². The number of anilines is 1. The first kappa shape index (κ1) is 11.1. The normalized spacial score (nSPS) is 10.2. The fraction of sp³-hybridized carbons (Fsp3) is 0.200. The van der Waals surface area contributed by atoms with Crippen molar-refractivity contribution in [3.05, 3.63) is 30.1 Å². The number of nitrogens with zero attached hydrogens (tertiary/aromatic N) is 4. The summed E-state index contributed by atoms with van der Waals surface area (Å²) < 4.78 is 6.16. The highest BCUT2D eigenvalue weighted by molar-refractivity contribution is 5.88. The molecule has 2 aromatic rings. The molecule has 7 heteroatoms. The highest BCUT2D eigenvalue weighted by Gasteiger charge is 2.15. The van der Waals surface area contributed by atoms with Crippen LogP contribution in [-0.4, -0.2) is 32.6 Å². The number of ether oxygens (including phenoxy) is 1. The van der Waals surface area contributed by atoms with E-state index in [2.05, 4.69) is 15.3 Å². The zero-order valence-corrected chi connectivity index (χ0v) is 9.20. The predicted molar refractivity (Wildman–Crippen MR) is 59.5 cm³/mol. The van der Waals surface area contributed by atoms with Crippen LogP contribution in [0, 0.1) is 0 Å². The third-order valence-corrected chi connectivity index (χ3v) is 2.00. The molecule has 2 N–H and O–H groups in total. The van der Waals surface area contributed by atoms with Crippen LogP contribution in [0.2, 0.25) is 0 Å². The summed E-state index contributed by atoms with van der Waals surface area (Å²) in [6.07, 6.45) is 1.54. The molecule has 0 amide bonds. The first-order valence-corrected chi connectivity index (χ1v) is 5.03. The zero-order chi connectivity index (χ0) is 12.3. The summed E-state index contributed by atoms with van der Waals surface area (Å²) in [5.74, 6) is 0.232. The second kappa shape index (κ2) is 4.60. The first-order valence-electron chi connectivity index (χ1n) is 5.03. The Hall–Kier alpha value is -2.44. The van der Waals surface area contributed by atoms with E-state index in [0.717, 1.165) is 0 Å². The van der Waals surface area contributed by atoms with Crippen molar-refractivity contribution in [1.29, 1.82) is 0 Å². The molecule has 2 aromatic heterocycles. The Morgan fingerprint density at radius 3 is 3.06 bits per heavy atom. The maximum Gasteiger partial charge on any atom is 0.358 e. The Kier molecular flexibility index (Phi) is 2.99. The van der Waals surface area contributed by atoms with E-state index in [9.17, 15) is 4.79 Å². The van der Waals surface area contributed by atoms with E-state index in [4.69, 9.17) is 10.5 Å². The van der Waals surface area contributed by atoms with Gasteiger partial charge in [-0.15, -0.1) is 5.10 Å². The molecule has 2 rings (SSSR count). The van der Waals surface area contributed by atoms with Crippen LogP contribution >= 0.6 is 0 Å². The van der Waals surface area contributed by atoms with Crippen molar-refractivity contribution in [2.75, 3.05) is 12.3 Å². The lowest BCUT2D eigenvalue weighted by molar-refractivity contribution is 0.0519. The van der Waals surface area contributed by atoms with Gasteiger partial charge in [0.2, 0.25) is 0 Å². The topological polar surface area (TPSA) is 95.9 Å². The van der Waals surface area contributed by atoms with Crippen molar-refractivity contribution < 1.29 is 9.53 Å². The number of nitrogen functional groups attached to an aromatic ring is 1. The van der Waals surface area contributed by atoms with E-state index >= 15 is 0 Å². The van der Waals surface area contributed by atoms with Crippen LogP contribution in [0.4, 0.5) is 5.82 Å². The van der Waals surface area contributed by atoms with Crippen LogP contribution in [0.5, 0.6) is 0 Å². The maximum absolute atomic E-state index is 11.5. The van der Waals surface area contributed by atoms with Crippen molar-refractivity contribution in [1.82, 2.24) is 20.0 Å². The Morgan fingerprint density at radius 2 is 2.41 bits per heavy atom. The number of aromatic nitrogens is 4. The van der Waals surface area contributed by atoms with E-state index < -0.39 is 5.97 Å². The number of esters is 1. The summed E-state index contributed by atoms with van der Waals surface area (Å²) in [6.45, 7) is 2.01. The third-order valence-electron chi connectivity index (χ3n) is 2.00. The van der Waals surface area contributed by atoms with Crippen LogP contribution in [0.3, 0.4) is 0 Å². The van der Waals surface area contributed by atoms with Gasteiger partial charge in [0.05, 0.1) is 6.61 Å². The average molecular weight is 233 g/mol. The van der Waals surface area contributed by atoms with Gasteiger partial charge in [-0.25, -0.2) is 4.79 Å². The van der Waals surface area contributed by atoms with Gasteiger partial charge in [0.15, 0.2) is 11.5 Å². The summed E-state index contributed by atoms with van der Waals surface area (Å²) in [6, 6.07) is 4.82. The molecule has 7 nitrogen and oxygen atoms in total. The highest BCUT2D eigenvalue weighted by atomic mass is 16.5. The number of nitrogens with two attached hydrogens (primary N) is 1. The van der Waals surface area contributed by atoms with Crippen molar-refractivity contribution in [3.8, 4) is 5.82 Å². The lowest BCUT2D eigenvalue weighted by Crippen LogP contribution is -2.08. The molecule has 0 fully saturated rings. The van der Waals surface area contributed by atoms with E-state index in [1.165, 1.54) is 16.9 Å². The molecule has 0 bridgehead atoms. The summed E-state index contributed by atoms with van der Waals surface area (Å²) in [4.78, 5) is 11.5. The van der Waals surface area contributed by atoms with Crippen LogP contribution in [-0.2, 0) is 4.74 Å². The molecule has 0 aromatic carbocycles. The molecule has 0 atom stereocenters. The summed E-state index contributed by atoms with van der Waals surface area (Å²) >= 11 is 0. The molecule has 2 heterocycles. The number of carbonyl (C=O) groups is 1. The van der Waals surface area contributed by atoms with Crippen LogP contribution in [0.1, 0.15) is 17.4 Å². The smallest absolute Gasteiger partial charge is 0.358 e. The fourth-order valence-corrected chi connectivity index (χ4v) is 1.29. The van der Waals surface area contributed by atoms with E-state index in [-0.39, 0.29) is 12.3 Å². The largest absolute Gasteiger partial charge is 0.461 e. The van der Waals surface area contributed by atoms with Gasteiger partial charge >= 0.3 is 5.97 Å². The Balaban J connectivity index is 2.35. The highest BCUT2D eigenvalue weighted by Crippen LogP contribution is 2.12. The van der Waals surface area contributed by atoms with Gasteiger partial charge in [0, 0.05) is 12.3 Å². The van der Waals surface area contributed by atoms with Crippen molar-refractivity contribution in [3.63, 3.8) is 0 Å². The quantitative estimate of drug-likeness (QED) is 0.772. The summed E-state index contributed by atoms with van der Waals surface area (Å²) in [5, 5.41) is 11.6. The molecule has 0 unspecified atom stereocenters. The monoisotopic (exact) mass is 233 g/mol. The maximum atomic E-state index is 11.5. The minimum Gasteiger partial charge on any atom is -0.461 e. The average Bonchev–Trinajstić information content (AvgIpc) is 2.73. The molecule has 0 saturated carbocycles. The Labute approximate surface area is 97.2 Å². The van der Waals surface area contributed by atoms with Crippen molar-refractivity contribution >= 4 is 11.8 Å². The van der Waals surface area contributed by atoms with E-state index in [1.54, 1.807) is 19.1 Å².